The van der Waals surface area contributed by atoms with Crippen LogP contribution >= 0.6 is 22.9 Å². The first-order valence-electron chi connectivity index (χ1n) is 14.9. The number of nitriles is 1. The molecule has 0 atom stereocenters. The number of carbonyl (C=O) groups excluding carboxylic acids is 2. The number of piperidine rings is 1. The van der Waals surface area contributed by atoms with Crippen LogP contribution in [-0.2, 0) is 16.1 Å². The van der Waals surface area contributed by atoms with Crippen molar-refractivity contribution < 1.29 is 14.3 Å². The van der Waals surface area contributed by atoms with Gasteiger partial charge in [0.1, 0.15) is 5.82 Å². The Morgan fingerprint density at radius 3 is 2.77 bits per heavy atom. The number of pyridine rings is 1. The van der Waals surface area contributed by atoms with Crippen LogP contribution in [0.25, 0.3) is 11.3 Å². The van der Waals surface area contributed by atoms with E-state index in [9.17, 15) is 14.9 Å². The molecule has 11 nitrogen and oxygen atoms in total. The summed E-state index contributed by atoms with van der Waals surface area (Å²) >= 11 is 8.05. The first-order chi connectivity index (χ1) is 21.4. The zero-order valence-corrected chi connectivity index (χ0v) is 25.9. The van der Waals surface area contributed by atoms with Gasteiger partial charge in [-0.15, -0.1) is 11.3 Å². The molecular weight excluding hydrogens is 600 g/mol. The van der Waals surface area contributed by atoms with Gasteiger partial charge in [0.15, 0.2) is 5.13 Å². The molecule has 0 saturated carbocycles. The Kier molecular flexibility index (Phi) is 9.28. The quantitative estimate of drug-likeness (QED) is 0.293. The minimum atomic E-state index is -0.428. The van der Waals surface area contributed by atoms with Gasteiger partial charge in [-0.3, -0.25) is 19.9 Å². The van der Waals surface area contributed by atoms with Crippen molar-refractivity contribution in [1.29, 1.82) is 5.26 Å². The Labute approximate surface area is 265 Å². The predicted molar refractivity (Wildman–Crippen MR) is 171 cm³/mol. The number of ether oxygens (including phenoxy) is 1. The van der Waals surface area contributed by atoms with Gasteiger partial charge in [-0.1, -0.05) is 23.7 Å². The highest BCUT2D eigenvalue weighted by Crippen LogP contribution is 2.34. The topological polar surface area (TPSA) is 136 Å². The number of urea groups is 1. The second-order valence-corrected chi connectivity index (χ2v) is 12.8. The Balaban J connectivity index is 1.02. The highest BCUT2D eigenvalue weighted by atomic mass is 35.5. The van der Waals surface area contributed by atoms with E-state index in [1.165, 1.54) is 11.3 Å². The molecule has 1 aromatic carbocycles. The Morgan fingerprint density at radius 2 is 2.00 bits per heavy atom. The number of hydrogen-bond acceptors (Lipinski definition) is 10. The maximum absolute atomic E-state index is 12.3. The van der Waals surface area contributed by atoms with Gasteiger partial charge >= 0.3 is 6.03 Å². The summed E-state index contributed by atoms with van der Waals surface area (Å²) in [5.41, 5.74) is 3.11. The maximum Gasteiger partial charge on any atom is 0.328 e. The van der Waals surface area contributed by atoms with Crippen molar-refractivity contribution in [3.8, 4) is 17.3 Å². The average Bonchev–Trinajstić information content (AvgIpc) is 3.51. The molecule has 3 amide bonds. The Bertz CT molecular complexity index is 1540. The second kappa shape index (κ2) is 13.5. The minimum absolute atomic E-state index is 0.231. The predicted octanol–water partition coefficient (Wildman–Crippen LogP) is 5.11. The van der Waals surface area contributed by atoms with Gasteiger partial charge in [0.05, 0.1) is 22.2 Å². The fourth-order valence-electron chi connectivity index (χ4n) is 5.86. The SMILES string of the molecule is N#CC1(CNc2nc(-c3cc(NC4CCN(Cc5cccc(N6CCC(=O)NC6=O)c5)CC4)ncc3Cl)cs2)CCOCC1. The number of nitrogens with zero attached hydrogens (tertiary/aromatic N) is 5. The van der Waals surface area contributed by atoms with E-state index in [1.54, 1.807) is 11.1 Å². The number of carbonyl (C=O) groups is 2. The van der Waals surface area contributed by atoms with E-state index in [0.717, 1.165) is 78.8 Å². The van der Waals surface area contributed by atoms with Crippen molar-refractivity contribution in [2.45, 2.75) is 44.7 Å². The van der Waals surface area contributed by atoms with Gasteiger partial charge in [-0.05, 0) is 49.4 Å². The number of rotatable bonds is 9. The number of benzene rings is 1. The second-order valence-electron chi connectivity index (χ2n) is 11.6. The van der Waals surface area contributed by atoms with Crippen molar-refractivity contribution in [3.63, 3.8) is 0 Å². The molecule has 0 aliphatic carbocycles. The van der Waals surface area contributed by atoms with E-state index in [4.69, 9.17) is 21.3 Å². The summed E-state index contributed by atoms with van der Waals surface area (Å²) < 4.78 is 5.44. The Hall–Kier alpha value is -3.76. The third kappa shape index (κ3) is 7.13. The molecule has 0 spiro atoms. The third-order valence-electron chi connectivity index (χ3n) is 8.52. The summed E-state index contributed by atoms with van der Waals surface area (Å²) in [6.07, 6.45) is 5.34. The van der Waals surface area contributed by atoms with E-state index < -0.39 is 5.41 Å². The molecule has 13 heteroatoms. The van der Waals surface area contributed by atoms with Crippen LogP contribution < -0.4 is 20.9 Å². The number of nitrogens with one attached hydrogen (secondary N) is 3. The molecule has 3 aliphatic heterocycles. The molecule has 3 N–H and O–H groups in total. The molecule has 0 radical (unpaired) electrons. The molecule has 3 aliphatic rings. The first-order valence-corrected chi connectivity index (χ1v) is 16.2. The molecule has 3 saturated heterocycles. The number of likely N-dealkylation sites (tertiary alicyclic amines) is 1. The van der Waals surface area contributed by atoms with E-state index in [1.807, 2.05) is 29.6 Å². The van der Waals surface area contributed by atoms with Crippen molar-refractivity contribution in [2.24, 2.45) is 5.41 Å². The summed E-state index contributed by atoms with van der Waals surface area (Å²) in [7, 11) is 0. The van der Waals surface area contributed by atoms with Crippen LogP contribution in [0.1, 0.15) is 37.7 Å². The number of anilines is 3. The summed E-state index contributed by atoms with van der Waals surface area (Å²) in [5, 5.41) is 22.3. The monoisotopic (exact) mass is 634 g/mol. The van der Waals surface area contributed by atoms with Crippen LogP contribution in [0.2, 0.25) is 5.02 Å². The molecule has 5 heterocycles. The summed E-state index contributed by atoms with van der Waals surface area (Å²) in [6, 6.07) is 12.3. The molecule has 44 heavy (non-hydrogen) atoms. The number of aromatic nitrogens is 2. The van der Waals surface area contributed by atoms with Gasteiger partial charge in [0.25, 0.3) is 0 Å². The molecule has 0 unspecified atom stereocenters. The molecule has 6 rings (SSSR count). The standard InChI is InChI=1S/C31H35ClN8O3S/c32-25-16-34-27(15-24(25)26-18-44-29(37-26)35-20-31(19-33)7-12-43-13-8-31)36-22-4-9-39(10-5-22)17-21-2-1-3-23(14-21)40-11-6-28(41)38-30(40)42/h1-3,14-16,18,22H,4-13,17,20H2,(H,34,36)(H,35,37)(H,38,41,42). The molecule has 230 valence electrons. The maximum atomic E-state index is 12.3. The lowest BCUT2D eigenvalue weighted by Gasteiger charge is -2.33. The van der Waals surface area contributed by atoms with Gasteiger partial charge in [-0.25, -0.2) is 14.8 Å². The summed E-state index contributed by atoms with van der Waals surface area (Å²) in [4.78, 5) is 37.1. The number of imide groups is 1. The largest absolute Gasteiger partial charge is 0.381 e. The fraction of sp³-hybridized carbons (Fsp3) is 0.452. The van der Waals surface area contributed by atoms with Gasteiger partial charge in [0.2, 0.25) is 5.91 Å². The normalized spacial score (nSPS) is 19.3. The number of hydrogen-bond donors (Lipinski definition) is 3. The van der Waals surface area contributed by atoms with Crippen molar-refractivity contribution >= 4 is 51.5 Å². The van der Waals surface area contributed by atoms with Crippen molar-refractivity contribution in [3.05, 3.63) is 52.5 Å². The van der Waals surface area contributed by atoms with Crippen LogP contribution in [0.5, 0.6) is 0 Å². The van der Waals surface area contributed by atoms with Crippen LogP contribution in [-0.4, -0.2) is 72.2 Å². The zero-order valence-electron chi connectivity index (χ0n) is 24.4. The molecule has 3 fully saturated rings. The lowest BCUT2D eigenvalue weighted by atomic mass is 9.82. The van der Waals surface area contributed by atoms with Crippen LogP contribution in [0.3, 0.4) is 0 Å². The van der Waals surface area contributed by atoms with E-state index in [-0.39, 0.29) is 18.0 Å². The minimum Gasteiger partial charge on any atom is -0.381 e. The lowest BCUT2D eigenvalue weighted by Crippen LogP contribution is -2.49. The molecular formula is C31H35ClN8O3S. The van der Waals surface area contributed by atoms with Gasteiger partial charge in [-0.2, -0.15) is 5.26 Å². The zero-order chi connectivity index (χ0) is 30.5. The van der Waals surface area contributed by atoms with Crippen LogP contribution in [0.15, 0.2) is 41.9 Å². The average molecular weight is 635 g/mol. The van der Waals surface area contributed by atoms with Crippen LogP contribution in [0, 0.1) is 16.7 Å². The fourth-order valence-corrected chi connectivity index (χ4v) is 6.77. The third-order valence-corrected chi connectivity index (χ3v) is 9.62. The number of thiazole rings is 1. The van der Waals surface area contributed by atoms with Crippen molar-refractivity contribution in [2.75, 3.05) is 54.9 Å². The summed E-state index contributed by atoms with van der Waals surface area (Å²) in [5.74, 6) is 0.535. The van der Waals surface area contributed by atoms with Crippen molar-refractivity contribution in [1.82, 2.24) is 20.2 Å². The number of amides is 3. The highest BCUT2D eigenvalue weighted by molar-refractivity contribution is 7.14. The van der Waals surface area contributed by atoms with Gasteiger partial charge < -0.3 is 15.4 Å². The first kappa shape index (κ1) is 30.3. The molecule has 2 aromatic heterocycles. The van der Waals surface area contributed by atoms with E-state index in [2.05, 4.69) is 38.0 Å². The Morgan fingerprint density at radius 1 is 1.18 bits per heavy atom. The summed E-state index contributed by atoms with van der Waals surface area (Å²) in [6.45, 7) is 4.81. The lowest BCUT2D eigenvalue weighted by molar-refractivity contribution is -0.120. The van der Waals surface area contributed by atoms with Gasteiger partial charge in [0, 0.05) is 81.2 Å². The van der Waals surface area contributed by atoms with E-state index >= 15 is 0 Å². The molecule has 0 bridgehead atoms. The number of halogens is 1. The smallest absolute Gasteiger partial charge is 0.328 e. The van der Waals surface area contributed by atoms with E-state index in [0.29, 0.717) is 37.7 Å². The molecule has 3 aromatic rings. The highest BCUT2D eigenvalue weighted by Gasteiger charge is 2.33. The van der Waals surface area contributed by atoms with Crippen LogP contribution in [0.4, 0.5) is 21.4 Å².